The van der Waals surface area contributed by atoms with Crippen molar-refractivity contribution in [3.63, 3.8) is 0 Å². The van der Waals surface area contributed by atoms with Gasteiger partial charge in [-0.15, -0.1) is 11.3 Å². The summed E-state index contributed by atoms with van der Waals surface area (Å²) in [6.45, 7) is 6.56. The third-order valence-electron chi connectivity index (χ3n) is 4.90. The second kappa shape index (κ2) is 9.08. The van der Waals surface area contributed by atoms with Crippen LogP contribution >= 0.6 is 11.3 Å². The van der Waals surface area contributed by atoms with E-state index in [1.165, 1.54) is 18.0 Å². The lowest BCUT2D eigenvalue weighted by Gasteiger charge is -2.18. The lowest BCUT2D eigenvalue weighted by atomic mass is 10.2. The summed E-state index contributed by atoms with van der Waals surface area (Å²) < 4.78 is 6.56. The number of carbonyl (C=O) groups excluding carboxylic acids is 2. The maximum Gasteiger partial charge on any atom is 0.266 e. The SMILES string of the molecule is CCN(CC)C(=O)Cn1cnc2sc(C(=O)Nc3ccccc3OC)c(C)c2c1=O. The molecule has 0 aliphatic rings. The molecule has 2 aromatic heterocycles. The monoisotopic (exact) mass is 428 g/mol. The Labute approximate surface area is 178 Å². The Kier molecular flexibility index (Phi) is 6.51. The molecule has 8 nitrogen and oxygen atoms in total. The summed E-state index contributed by atoms with van der Waals surface area (Å²) in [5, 5.41) is 3.19. The highest BCUT2D eigenvalue weighted by molar-refractivity contribution is 7.20. The number of rotatable bonds is 7. The van der Waals surface area contributed by atoms with E-state index in [9.17, 15) is 14.4 Å². The highest BCUT2D eigenvalue weighted by atomic mass is 32.1. The molecule has 0 aliphatic heterocycles. The maximum absolute atomic E-state index is 13.0. The second-order valence-corrected chi connectivity index (χ2v) is 7.63. The van der Waals surface area contributed by atoms with Gasteiger partial charge in [0.2, 0.25) is 5.91 Å². The summed E-state index contributed by atoms with van der Waals surface area (Å²) in [7, 11) is 1.53. The Hall–Kier alpha value is -3.20. The van der Waals surface area contributed by atoms with Crippen molar-refractivity contribution in [1.82, 2.24) is 14.5 Å². The number of aromatic nitrogens is 2. The van der Waals surface area contributed by atoms with Gasteiger partial charge in [-0.25, -0.2) is 4.98 Å². The fourth-order valence-electron chi connectivity index (χ4n) is 3.24. The summed E-state index contributed by atoms with van der Waals surface area (Å²) in [5.41, 5.74) is 0.757. The van der Waals surface area contributed by atoms with E-state index in [0.717, 1.165) is 11.3 Å². The van der Waals surface area contributed by atoms with Crippen LogP contribution in [0, 0.1) is 6.92 Å². The first-order valence-electron chi connectivity index (χ1n) is 9.61. The number of fused-ring (bicyclic) bond motifs is 1. The number of thiophene rings is 1. The van der Waals surface area contributed by atoms with Crippen molar-refractivity contribution in [1.29, 1.82) is 0 Å². The third-order valence-corrected chi connectivity index (χ3v) is 6.10. The van der Waals surface area contributed by atoms with Gasteiger partial charge < -0.3 is 15.0 Å². The lowest BCUT2D eigenvalue weighted by Crippen LogP contribution is -2.36. The molecule has 0 saturated heterocycles. The summed E-state index contributed by atoms with van der Waals surface area (Å²) in [5.74, 6) is 0.0513. The molecule has 0 spiro atoms. The number of benzene rings is 1. The van der Waals surface area contributed by atoms with E-state index in [-0.39, 0.29) is 23.9 Å². The minimum Gasteiger partial charge on any atom is -0.495 e. The average Bonchev–Trinajstić information content (AvgIpc) is 3.08. The zero-order chi connectivity index (χ0) is 21.8. The van der Waals surface area contributed by atoms with Gasteiger partial charge in [-0.2, -0.15) is 0 Å². The van der Waals surface area contributed by atoms with E-state index >= 15 is 0 Å². The fourth-order valence-corrected chi connectivity index (χ4v) is 4.27. The van der Waals surface area contributed by atoms with Gasteiger partial charge in [0.15, 0.2) is 0 Å². The van der Waals surface area contributed by atoms with Crippen LogP contribution in [0.1, 0.15) is 29.1 Å². The molecule has 0 atom stereocenters. The van der Waals surface area contributed by atoms with Crippen LogP contribution in [-0.4, -0.2) is 46.5 Å². The van der Waals surface area contributed by atoms with E-state index < -0.39 is 0 Å². The van der Waals surface area contributed by atoms with Gasteiger partial charge in [-0.3, -0.25) is 19.0 Å². The van der Waals surface area contributed by atoms with Gasteiger partial charge >= 0.3 is 0 Å². The Morgan fingerprint density at radius 3 is 2.60 bits per heavy atom. The molecule has 0 aliphatic carbocycles. The van der Waals surface area contributed by atoms with Crippen molar-refractivity contribution in [2.24, 2.45) is 0 Å². The van der Waals surface area contributed by atoms with Crippen LogP contribution in [0.15, 0.2) is 35.4 Å². The number of nitrogens with one attached hydrogen (secondary N) is 1. The predicted molar refractivity (Wildman–Crippen MR) is 117 cm³/mol. The summed E-state index contributed by atoms with van der Waals surface area (Å²) >= 11 is 1.15. The van der Waals surface area contributed by atoms with Gasteiger partial charge in [0.25, 0.3) is 11.5 Å². The summed E-state index contributed by atoms with van der Waals surface area (Å²) in [4.78, 5) is 45.1. The minimum absolute atomic E-state index is 0.0819. The Morgan fingerprint density at radius 2 is 1.93 bits per heavy atom. The van der Waals surface area contributed by atoms with Crippen LogP contribution in [0.2, 0.25) is 0 Å². The second-order valence-electron chi connectivity index (χ2n) is 6.63. The van der Waals surface area contributed by atoms with E-state index in [2.05, 4.69) is 10.3 Å². The van der Waals surface area contributed by atoms with Crippen molar-refractivity contribution >= 4 is 39.1 Å². The van der Waals surface area contributed by atoms with Gasteiger partial charge in [0, 0.05) is 13.1 Å². The molecule has 2 heterocycles. The topological polar surface area (TPSA) is 93.5 Å². The fraction of sp³-hybridized carbons (Fsp3) is 0.333. The van der Waals surface area contributed by atoms with Crippen molar-refractivity contribution < 1.29 is 14.3 Å². The summed E-state index contributed by atoms with van der Waals surface area (Å²) in [6.07, 6.45) is 1.36. The van der Waals surface area contributed by atoms with Crippen LogP contribution in [0.3, 0.4) is 0 Å². The quantitative estimate of drug-likeness (QED) is 0.625. The molecular formula is C21H24N4O4S. The molecule has 2 amide bonds. The highest BCUT2D eigenvalue weighted by Crippen LogP contribution is 2.29. The first kappa shape index (κ1) is 21.5. The number of methoxy groups -OCH3 is 1. The molecule has 3 rings (SSSR count). The Balaban J connectivity index is 1.94. The van der Waals surface area contributed by atoms with Crippen LogP contribution in [-0.2, 0) is 11.3 Å². The number of amides is 2. The minimum atomic E-state index is -0.342. The van der Waals surface area contributed by atoms with Crippen LogP contribution in [0.25, 0.3) is 10.2 Å². The number of ether oxygens (including phenoxy) is 1. The number of hydrogen-bond acceptors (Lipinski definition) is 6. The molecule has 1 N–H and O–H groups in total. The molecule has 0 radical (unpaired) electrons. The lowest BCUT2D eigenvalue weighted by molar-refractivity contribution is -0.131. The van der Waals surface area contributed by atoms with E-state index in [4.69, 9.17) is 4.74 Å². The number of para-hydroxylation sites is 2. The Bertz CT molecular complexity index is 1150. The van der Waals surface area contributed by atoms with Gasteiger partial charge in [0.05, 0.1) is 29.4 Å². The zero-order valence-corrected chi connectivity index (χ0v) is 18.2. The van der Waals surface area contributed by atoms with Crippen molar-refractivity contribution in [3.8, 4) is 5.75 Å². The first-order chi connectivity index (χ1) is 14.4. The number of likely N-dealkylation sites (N-methyl/N-ethyl adjacent to an activating group) is 1. The van der Waals surface area contributed by atoms with Gasteiger partial charge in [-0.1, -0.05) is 12.1 Å². The molecule has 0 fully saturated rings. The van der Waals surface area contributed by atoms with Crippen molar-refractivity contribution in [2.45, 2.75) is 27.3 Å². The molecule has 0 bridgehead atoms. The smallest absolute Gasteiger partial charge is 0.266 e. The number of hydrogen-bond donors (Lipinski definition) is 1. The van der Waals surface area contributed by atoms with Crippen LogP contribution < -0.4 is 15.6 Å². The normalized spacial score (nSPS) is 10.8. The standard InChI is InChI=1S/C21H24N4O4S/c1-5-24(6-2)16(26)11-25-12-22-20-17(21(25)28)13(3)18(30-20)19(27)23-14-9-7-8-10-15(14)29-4/h7-10,12H,5-6,11H2,1-4H3,(H,23,27). The molecule has 158 valence electrons. The zero-order valence-electron chi connectivity index (χ0n) is 17.4. The Morgan fingerprint density at radius 1 is 1.23 bits per heavy atom. The first-order valence-corrected chi connectivity index (χ1v) is 10.4. The third kappa shape index (κ3) is 4.06. The number of nitrogens with zero attached hydrogens (tertiary/aromatic N) is 3. The molecule has 0 unspecified atom stereocenters. The maximum atomic E-state index is 13.0. The van der Waals surface area contributed by atoms with Crippen molar-refractivity contribution in [3.05, 3.63) is 51.4 Å². The largest absolute Gasteiger partial charge is 0.495 e. The number of aryl methyl sites for hydroxylation is 1. The predicted octanol–water partition coefficient (Wildman–Crippen LogP) is 2.90. The molecular weight excluding hydrogens is 404 g/mol. The molecule has 9 heteroatoms. The highest BCUT2D eigenvalue weighted by Gasteiger charge is 2.21. The van der Waals surface area contributed by atoms with E-state index in [0.29, 0.717) is 45.2 Å². The average molecular weight is 429 g/mol. The van der Waals surface area contributed by atoms with Gasteiger partial charge in [-0.05, 0) is 38.5 Å². The number of carbonyl (C=O) groups is 2. The van der Waals surface area contributed by atoms with Crippen LogP contribution in [0.5, 0.6) is 5.75 Å². The van der Waals surface area contributed by atoms with E-state index in [1.807, 2.05) is 19.9 Å². The van der Waals surface area contributed by atoms with Crippen molar-refractivity contribution in [2.75, 3.05) is 25.5 Å². The molecule has 1 aromatic carbocycles. The number of anilines is 1. The van der Waals surface area contributed by atoms with Gasteiger partial charge in [0.1, 0.15) is 17.1 Å². The molecule has 30 heavy (non-hydrogen) atoms. The summed E-state index contributed by atoms with van der Waals surface area (Å²) in [6, 6.07) is 7.10. The molecule has 3 aromatic rings. The molecule has 0 saturated carbocycles. The van der Waals surface area contributed by atoms with Crippen LogP contribution in [0.4, 0.5) is 5.69 Å². The van der Waals surface area contributed by atoms with E-state index in [1.54, 1.807) is 30.0 Å².